The van der Waals surface area contributed by atoms with Crippen molar-refractivity contribution in [2.75, 3.05) is 6.54 Å². The summed E-state index contributed by atoms with van der Waals surface area (Å²) in [5.74, 6) is -0.356. The zero-order valence-electron chi connectivity index (χ0n) is 13.3. The minimum atomic E-state index is -0.923. The van der Waals surface area contributed by atoms with Gasteiger partial charge in [0.05, 0.1) is 0 Å². The maximum Gasteiger partial charge on any atom is 0.395 e. The molecular formula is C15H23FN2O2S. The maximum atomic E-state index is 12.1. The van der Waals surface area contributed by atoms with Crippen molar-refractivity contribution in [2.45, 2.75) is 45.4 Å². The first-order chi connectivity index (χ1) is 9.76. The topological polar surface area (TPSA) is 34.5 Å². The van der Waals surface area contributed by atoms with Crippen molar-refractivity contribution in [1.82, 2.24) is 8.87 Å². The molecule has 0 fully saturated rings. The molecule has 0 aromatic carbocycles. The molecule has 4 nitrogen and oxygen atoms in total. The van der Waals surface area contributed by atoms with Gasteiger partial charge in [0.15, 0.2) is 0 Å². The van der Waals surface area contributed by atoms with E-state index < -0.39 is 5.97 Å². The molecule has 1 aliphatic rings. The van der Waals surface area contributed by atoms with E-state index in [1.54, 1.807) is 17.7 Å². The molecule has 2 rings (SSSR count). The highest BCUT2D eigenvalue weighted by Gasteiger charge is 2.30. The zero-order chi connectivity index (χ0) is 15.8. The fraction of sp³-hybridized carbons (Fsp3) is 0.667. The van der Waals surface area contributed by atoms with Gasteiger partial charge in [-0.2, -0.15) is 0 Å². The number of carbonyl (C=O) groups is 1. The van der Waals surface area contributed by atoms with E-state index in [2.05, 4.69) is 36.9 Å². The minimum absolute atomic E-state index is 0.160. The predicted molar refractivity (Wildman–Crippen MR) is 82.6 cm³/mol. The number of carbonyl (C=O) groups excluding carboxylic acids is 1. The van der Waals surface area contributed by atoms with Crippen molar-refractivity contribution in [3.8, 4) is 0 Å². The third kappa shape index (κ3) is 3.26. The molecule has 0 saturated heterocycles. The molecule has 21 heavy (non-hydrogen) atoms. The second kappa shape index (κ2) is 6.01. The second-order valence-corrected chi connectivity index (χ2v) is 8.14. The van der Waals surface area contributed by atoms with Crippen molar-refractivity contribution in [1.29, 1.82) is 0 Å². The van der Waals surface area contributed by atoms with Crippen LogP contribution in [0, 0.1) is 5.92 Å². The average Bonchev–Trinajstić information content (AvgIpc) is 2.74. The molecule has 0 N–H and O–H groups in total. The van der Waals surface area contributed by atoms with Crippen LogP contribution >= 0.6 is 11.9 Å². The highest BCUT2D eigenvalue weighted by Crippen LogP contribution is 2.37. The lowest BCUT2D eigenvalue weighted by Gasteiger charge is -2.36. The Balaban J connectivity index is 2.16. The van der Waals surface area contributed by atoms with E-state index in [0.29, 0.717) is 5.92 Å². The number of fused-ring (bicyclic) bond motifs is 1. The van der Waals surface area contributed by atoms with Crippen molar-refractivity contribution in [2.24, 2.45) is 13.0 Å². The minimum Gasteiger partial charge on any atom is -0.342 e. The van der Waals surface area contributed by atoms with Gasteiger partial charge in [0.1, 0.15) is 5.69 Å². The van der Waals surface area contributed by atoms with Crippen molar-refractivity contribution in [3.63, 3.8) is 0 Å². The summed E-state index contributed by atoms with van der Waals surface area (Å²) in [5.41, 5.74) is 2.45. The predicted octanol–water partition coefficient (Wildman–Crippen LogP) is 3.51. The van der Waals surface area contributed by atoms with Crippen LogP contribution in [0.3, 0.4) is 0 Å². The molecule has 0 saturated carbocycles. The van der Waals surface area contributed by atoms with Crippen LogP contribution in [0.2, 0.25) is 0 Å². The Morgan fingerprint density at radius 3 is 2.71 bits per heavy atom. The number of nitrogens with zero attached hydrogens (tertiary/aromatic N) is 2. The van der Waals surface area contributed by atoms with Crippen LogP contribution in [-0.4, -0.2) is 26.1 Å². The van der Waals surface area contributed by atoms with Gasteiger partial charge in [0, 0.05) is 41.5 Å². The lowest BCUT2D eigenvalue weighted by Crippen LogP contribution is -2.33. The molecule has 0 amide bonds. The molecule has 0 unspecified atom stereocenters. The van der Waals surface area contributed by atoms with E-state index >= 15 is 0 Å². The van der Waals surface area contributed by atoms with Crippen molar-refractivity contribution in [3.05, 3.63) is 23.0 Å². The number of hydrogen-bond donors (Lipinski definition) is 0. The molecule has 1 aliphatic heterocycles. The Morgan fingerprint density at radius 2 is 2.14 bits per heavy atom. The molecule has 0 atom stereocenters. The van der Waals surface area contributed by atoms with Crippen molar-refractivity contribution < 1.29 is 14.3 Å². The van der Waals surface area contributed by atoms with Gasteiger partial charge in [-0.25, -0.2) is 14.0 Å². The molecule has 0 radical (unpaired) electrons. The van der Waals surface area contributed by atoms with Crippen LogP contribution < -0.4 is 0 Å². The Kier molecular flexibility index (Phi) is 4.68. The molecule has 0 bridgehead atoms. The first kappa shape index (κ1) is 16.4. The van der Waals surface area contributed by atoms with E-state index in [-0.39, 0.29) is 10.4 Å². The summed E-state index contributed by atoms with van der Waals surface area (Å²) < 4.78 is 16.4. The molecule has 1 aromatic rings. The molecule has 0 aliphatic carbocycles. The van der Waals surface area contributed by atoms with E-state index in [0.717, 1.165) is 30.8 Å². The van der Waals surface area contributed by atoms with Crippen LogP contribution in [0.5, 0.6) is 0 Å². The van der Waals surface area contributed by atoms with E-state index in [1.165, 1.54) is 0 Å². The van der Waals surface area contributed by atoms with Gasteiger partial charge in [-0.15, -0.1) is 0 Å². The van der Waals surface area contributed by atoms with Crippen LogP contribution in [0.15, 0.2) is 6.07 Å². The summed E-state index contributed by atoms with van der Waals surface area (Å²) in [6.07, 6.45) is 0.854. The molecule has 118 valence electrons. The smallest absolute Gasteiger partial charge is 0.342 e. The Morgan fingerprint density at radius 1 is 1.48 bits per heavy atom. The van der Waals surface area contributed by atoms with Crippen LogP contribution in [0.25, 0.3) is 0 Å². The van der Waals surface area contributed by atoms with Crippen LogP contribution in [-0.2, 0) is 25.0 Å². The Bertz CT molecular complexity index is 540. The lowest BCUT2D eigenvalue weighted by atomic mass is 10.00. The van der Waals surface area contributed by atoms with Gasteiger partial charge >= 0.3 is 5.97 Å². The number of rotatable bonds is 4. The normalized spacial score (nSPS) is 16.1. The standard InChI is InChI=1S/C15H23FN2O2S/c1-10(2)15(3,4)21-18-7-6-12-11(9-18)8-13(17(12)5)14(19)20-16/h8,10H,6-7,9H2,1-5H3. The SMILES string of the molecule is CC(C)C(C)(C)SN1CCc2c(cc(C(=O)OF)n2C)C1. The van der Waals surface area contributed by atoms with Crippen LogP contribution in [0.4, 0.5) is 4.53 Å². The molecule has 6 heteroatoms. The first-order valence-corrected chi connectivity index (χ1v) is 7.98. The largest absolute Gasteiger partial charge is 0.395 e. The van der Waals surface area contributed by atoms with Gasteiger partial charge in [-0.1, -0.05) is 25.8 Å². The van der Waals surface area contributed by atoms with E-state index in [4.69, 9.17) is 0 Å². The quantitative estimate of drug-likeness (QED) is 0.797. The highest BCUT2D eigenvalue weighted by molar-refractivity contribution is 7.98. The summed E-state index contributed by atoms with van der Waals surface area (Å²) in [4.78, 5) is 14.8. The highest BCUT2D eigenvalue weighted by atomic mass is 32.2. The van der Waals surface area contributed by atoms with Gasteiger partial charge in [0.2, 0.25) is 0 Å². The first-order valence-electron chi connectivity index (χ1n) is 7.20. The molecule has 0 spiro atoms. The maximum absolute atomic E-state index is 12.1. The fourth-order valence-corrected chi connectivity index (χ4v) is 3.68. The van der Waals surface area contributed by atoms with Gasteiger partial charge < -0.3 is 4.57 Å². The van der Waals surface area contributed by atoms with E-state index in [9.17, 15) is 9.32 Å². The molecule has 1 aromatic heterocycles. The third-order valence-corrected chi connectivity index (χ3v) is 5.94. The van der Waals surface area contributed by atoms with E-state index in [1.807, 2.05) is 11.9 Å². The molecular weight excluding hydrogens is 291 g/mol. The summed E-state index contributed by atoms with van der Waals surface area (Å²) in [5, 5.41) is 0. The van der Waals surface area contributed by atoms with Gasteiger partial charge in [-0.3, -0.25) is 0 Å². The van der Waals surface area contributed by atoms with Crippen molar-refractivity contribution >= 4 is 17.9 Å². The summed E-state index contributed by atoms with van der Waals surface area (Å²) in [6, 6.07) is 1.74. The zero-order valence-corrected chi connectivity index (χ0v) is 14.1. The fourth-order valence-electron chi connectivity index (χ4n) is 2.42. The summed E-state index contributed by atoms with van der Waals surface area (Å²) in [6.45, 7) is 10.6. The number of halogens is 1. The Hall–Kier alpha value is -1.01. The summed E-state index contributed by atoms with van der Waals surface area (Å²) >= 11 is 1.86. The monoisotopic (exact) mass is 314 g/mol. The number of aromatic nitrogens is 1. The second-order valence-electron chi connectivity index (χ2n) is 6.39. The lowest BCUT2D eigenvalue weighted by molar-refractivity contribution is -0.0796. The van der Waals surface area contributed by atoms with Gasteiger partial charge in [0.25, 0.3) is 0 Å². The third-order valence-electron chi connectivity index (χ3n) is 4.43. The molecule has 2 heterocycles. The van der Waals surface area contributed by atoms with Crippen LogP contribution in [0.1, 0.15) is 49.4 Å². The summed E-state index contributed by atoms with van der Waals surface area (Å²) in [7, 11) is 1.78. The number of hydrogen-bond acceptors (Lipinski definition) is 4. The average molecular weight is 314 g/mol. The van der Waals surface area contributed by atoms with Gasteiger partial charge in [-0.05, 0) is 31.4 Å². The Labute approximate surface area is 129 Å².